The van der Waals surface area contributed by atoms with Crippen LogP contribution >= 0.6 is 15.9 Å². The second-order valence-corrected chi connectivity index (χ2v) is 5.68. The van der Waals surface area contributed by atoms with Crippen molar-refractivity contribution in [1.29, 1.82) is 0 Å². The van der Waals surface area contributed by atoms with Gasteiger partial charge < -0.3 is 10.6 Å². The molecule has 0 amide bonds. The molecule has 86 valence electrons. The zero-order valence-electron chi connectivity index (χ0n) is 9.32. The van der Waals surface area contributed by atoms with Gasteiger partial charge in [0, 0.05) is 22.7 Å². The highest BCUT2D eigenvalue weighted by molar-refractivity contribution is 9.10. The van der Waals surface area contributed by atoms with E-state index in [2.05, 4.69) is 39.0 Å². The van der Waals surface area contributed by atoms with E-state index in [1.807, 2.05) is 0 Å². The molecule has 0 saturated carbocycles. The van der Waals surface area contributed by atoms with Crippen molar-refractivity contribution in [1.82, 2.24) is 0 Å². The predicted molar refractivity (Wildman–Crippen MR) is 70.8 cm³/mol. The first-order valence-corrected chi connectivity index (χ1v) is 6.84. The molecular formula is C13H17BrN2. The molecule has 2 unspecified atom stereocenters. The van der Waals surface area contributed by atoms with Crippen molar-refractivity contribution < 1.29 is 0 Å². The minimum absolute atomic E-state index is 0.687. The zero-order valence-corrected chi connectivity index (χ0v) is 10.9. The molecule has 0 radical (unpaired) electrons. The lowest BCUT2D eigenvalue weighted by atomic mass is 9.90. The molecule has 0 aromatic heterocycles. The van der Waals surface area contributed by atoms with Gasteiger partial charge in [0.1, 0.15) is 0 Å². The minimum atomic E-state index is 0.687. The largest absolute Gasteiger partial charge is 0.368 e. The van der Waals surface area contributed by atoms with E-state index >= 15 is 0 Å². The summed E-state index contributed by atoms with van der Waals surface area (Å²) in [6.07, 6.45) is 3.71. The summed E-state index contributed by atoms with van der Waals surface area (Å²) in [7, 11) is 0. The van der Waals surface area contributed by atoms with Crippen LogP contribution in [0.15, 0.2) is 22.7 Å². The maximum Gasteiger partial charge on any atom is 0.0412 e. The SMILES string of the molecule is NCC1CCN2c3cccc(Br)c3CCC12. The first-order chi connectivity index (χ1) is 7.81. The number of hydrogen-bond acceptors (Lipinski definition) is 2. The lowest BCUT2D eigenvalue weighted by Crippen LogP contribution is -2.39. The Morgan fingerprint density at radius 1 is 1.38 bits per heavy atom. The van der Waals surface area contributed by atoms with Crippen molar-refractivity contribution in [3.63, 3.8) is 0 Å². The molecule has 2 N–H and O–H groups in total. The second-order valence-electron chi connectivity index (χ2n) is 4.82. The van der Waals surface area contributed by atoms with Crippen LogP contribution in [0.25, 0.3) is 0 Å². The lowest BCUT2D eigenvalue weighted by Gasteiger charge is -2.36. The third-order valence-corrected chi connectivity index (χ3v) is 4.82. The molecule has 0 spiro atoms. The number of rotatable bonds is 1. The maximum absolute atomic E-state index is 5.85. The van der Waals surface area contributed by atoms with Gasteiger partial charge in [-0.3, -0.25) is 0 Å². The zero-order chi connectivity index (χ0) is 11.1. The molecule has 0 bridgehead atoms. The van der Waals surface area contributed by atoms with Crippen LogP contribution in [-0.2, 0) is 6.42 Å². The summed E-state index contributed by atoms with van der Waals surface area (Å²) in [6.45, 7) is 2.01. The summed E-state index contributed by atoms with van der Waals surface area (Å²) in [6, 6.07) is 7.23. The molecule has 1 aromatic carbocycles. The Morgan fingerprint density at radius 2 is 2.25 bits per heavy atom. The molecule has 1 fully saturated rings. The summed E-state index contributed by atoms with van der Waals surface area (Å²) < 4.78 is 1.26. The van der Waals surface area contributed by atoms with Crippen LogP contribution in [0.1, 0.15) is 18.4 Å². The van der Waals surface area contributed by atoms with Gasteiger partial charge >= 0.3 is 0 Å². The molecule has 0 aliphatic carbocycles. The molecular weight excluding hydrogens is 264 g/mol. The summed E-state index contributed by atoms with van der Waals surface area (Å²) in [4.78, 5) is 2.57. The van der Waals surface area contributed by atoms with Crippen molar-refractivity contribution in [2.75, 3.05) is 18.0 Å². The molecule has 16 heavy (non-hydrogen) atoms. The van der Waals surface area contributed by atoms with Crippen LogP contribution in [0, 0.1) is 5.92 Å². The number of anilines is 1. The van der Waals surface area contributed by atoms with E-state index in [1.165, 1.54) is 41.5 Å². The van der Waals surface area contributed by atoms with Gasteiger partial charge in [0.2, 0.25) is 0 Å². The van der Waals surface area contributed by atoms with E-state index in [9.17, 15) is 0 Å². The van der Waals surface area contributed by atoms with Gasteiger partial charge in [-0.05, 0) is 49.4 Å². The van der Waals surface area contributed by atoms with Crippen molar-refractivity contribution in [3.05, 3.63) is 28.2 Å². The van der Waals surface area contributed by atoms with Crippen LogP contribution in [0.4, 0.5) is 5.69 Å². The fourth-order valence-corrected chi connectivity index (χ4v) is 3.79. The van der Waals surface area contributed by atoms with Gasteiger partial charge in [0.05, 0.1) is 0 Å². The van der Waals surface area contributed by atoms with Gasteiger partial charge in [-0.2, -0.15) is 0 Å². The number of halogens is 1. The van der Waals surface area contributed by atoms with Gasteiger partial charge in [0.15, 0.2) is 0 Å². The highest BCUT2D eigenvalue weighted by Crippen LogP contribution is 2.41. The van der Waals surface area contributed by atoms with Gasteiger partial charge in [0.25, 0.3) is 0 Å². The van der Waals surface area contributed by atoms with Crippen molar-refractivity contribution in [3.8, 4) is 0 Å². The Labute approximate surface area is 105 Å². The van der Waals surface area contributed by atoms with Gasteiger partial charge in [-0.1, -0.05) is 22.0 Å². The van der Waals surface area contributed by atoms with E-state index in [4.69, 9.17) is 5.73 Å². The van der Waals surface area contributed by atoms with Crippen molar-refractivity contribution in [2.45, 2.75) is 25.3 Å². The predicted octanol–water partition coefficient (Wildman–Crippen LogP) is 2.55. The van der Waals surface area contributed by atoms with E-state index in [1.54, 1.807) is 0 Å². The Bertz CT molecular complexity index is 405. The van der Waals surface area contributed by atoms with Crippen LogP contribution in [-0.4, -0.2) is 19.1 Å². The molecule has 3 heteroatoms. The molecule has 2 aliphatic rings. The standard InChI is InChI=1S/C13H17BrN2/c14-11-2-1-3-13-10(11)4-5-12-9(8-15)6-7-16(12)13/h1-3,9,12H,4-8,15H2. The Balaban J connectivity index is 1.99. The average molecular weight is 281 g/mol. The van der Waals surface area contributed by atoms with Gasteiger partial charge in [-0.15, -0.1) is 0 Å². The highest BCUT2D eigenvalue weighted by atomic mass is 79.9. The molecule has 2 nitrogen and oxygen atoms in total. The third-order valence-electron chi connectivity index (χ3n) is 4.08. The van der Waals surface area contributed by atoms with Crippen LogP contribution in [0.2, 0.25) is 0 Å². The van der Waals surface area contributed by atoms with Crippen LogP contribution in [0.5, 0.6) is 0 Å². The summed E-state index contributed by atoms with van der Waals surface area (Å²) in [5.74, 6) is 0.701. The lowest BCUT2D eigenvalue weighted by molar-refractivity contribution is 0.446. The summed E-state index contributed by atoms with van der Waals surface area (Å²) in [5.41, 5.74) is 8.77. The molecule has 3 rings (SSSR count). The molecule has 1 saturated heterocycles. The normalized spacial score (nSPS) is 27.8. The first kappa shape index (κ1) is 10.6. The van der Waals surface area contributed by atoms with E-state index < -0.39 is 0 Å². The Morgan fingerprint density at radius 3 is 3.06 bits per heavy atom. The van der Waals surface area contributed by atoms with Gasteiger partial charge in [-0.25, -0.2) is 0 Å². The fourth-order valence-electron chi connectivity index (χ4n) is 3.24. The second kappa shape index (κ2) is 4.04. The van der Waals surface area contributed by atoms with Crippen molar-refractivity contribution >= 4 is 21.6 Å². The van der Waals surface area contributed by atoms with Crippen LogP contribution in [0.3, 0.4) is 0 Å². The number of fused-ring (bicyclic) bond motifs is 3. The maximum atomic E-state index is 5.85. The monoisotopic (exact) mass is 280 g/mol. The summed E-state index contributed by atoms with van der Waals surface area (Å²) >= 11 is 3.66. The first-order valence-electron chi connectivity index (χ1n) is 6.05. The quantitative estimate of drug-likeness (QED) is 0.857. The average Bonchev–Trinajstić information content (AvgIpc) is 2.72. The topological polar surface area (TPSA) is 29.3 Å². The number of nitrogens with zero attached hydrogens (tertiary/aromatic N) is 1. The smallest absolute Gasteiger partial charge is 0.0412 e. The van der Waals surface area contributed by atoms with Crippen molar-refractivity contribution in [2.24, 2.45) is 11.7 Å². The van der Waals surface area contributed by atoms with Crippen LogP contribution < -0.4 is 10.6 Å². The van der Waals surface area contributed by atoms with E-state index in [0.29, 0.717) is 12.0 Å². The summed E-state index contributed by atoms with van der Waals surface area (Å²) in [5, 5.41) is 0. The number of benzene rings is 1. The minimum Gasteiger partial charge on any atom is -0.368 e. The molecule has 2 atom stereocenters. The Kier molecular flexibility index (Phi) is 2.68. The third kappa shape index (κ3) is 1.49. The molecule has 2 heterocycles. The number of hydrogen-bond donors (Lipinski definition) is 1. The fraction of sp³-hybridized carbons (Fsp3) is 0.538. The Hall–Kier alpha value is -0.540. The molecule has 2 aliphatic heterocycles. The van der Waals surface area contributed by atoms with E-state index in [-0.39, 0.29) is 0 Å². The van der Waals surface area contributed by atoms with E-state index in [0.717, 1.165) is 6.54 Å². The highest BCUT2D eigenvalue weighted by Gasteiger charge is 2.36. The molecule has 1 aromatic rings. The number of nitrogens with two attached hydrogens (primary N) is 1.